The van der Waals surface area contributed by atoms with E-state index in [1.165, 1.54) is 0 Å². The molecule has 136 valence electrons. The summed E-state index contributed by atoms with van der Waals surface area (Å²) in [5, 5.41) is 2.90. The lowest BCUT2D eigenvalue weighted by Crippen LogP contribution is -2.57. The predicted octanol–water partition coefficient (Wildman–Crippen LogP) is 3.06. The van der Waals surface area contributed by atoms with Gasteiger partial charge in [-0.15, -0.1) is 0 Å². The van der Waals surface area contributed by atoms with Gasteiger partial charge < -0.3 is 19.9 Å². The number of nitrogens with one attached hydrogen (secondary N) is 1. The molecule has 26 heavy (non-hydrogen) atoms. The number of anilines is 1. The number of para-hydroxylation sites is 1. The number of ether oxygens (including phenoxy) is 1. The Bertz CT molecular complexity index is 821. The Morgan fingerprint density at radius 3 is 2.69 bits per heavy atom. The smallest absolute Gasteiger partial charge is 0.322 e. The van der Waals surface area contributed by atoms with Crippen molar-refractivity contribution in [2.75, 3.05) is 32.6 Å². The van der Waals surface area contributed by atoms with Crippen LogP contribution in [-0.4, -0.2) is 55.0 Å². The molecular formula is C20H23N3O3. The first-order chi connectivity index (χ1) is 12.5. The number of hydrogen-bond donors (Lipinski definition) is 1. The first-order valence-electron chi connectivity index (χ1n) is 8.57. The molecule has 0 radical (unpaired) electrons. The first kappa shape index (κ1) is 17.8. The van der Waals surface area contributed by atoms with Crippen molar-refractivity contribution in [3.05, 3.63) is 48.5 Å². The topological polar surface area (TPSA) is 61.9 Å². The average molecular weight is 353 g/mol. The van der Waals surface area contributed by atoms with Crippen LogP contribution in [0.2, 0.25) is 0 Å². The molecule has 6 heteroatoms. The Balaban J connectivity index is 1.79. The summed E-state index contributed by atoms with van der Waals surface area (Å²) in [6.45, 7) is 2.81. The Kier molecular flexibility index (Phi) is 5.11. The molecule has 1 aliphatic rings. The molecule has 6 nitrogen and oxygen atoms in total. The molecule has 1 atom stereocenters. The van der Waals surface area contributed by atoms with Crippen LogP contribution < -0.4 is 10.1 Å². The minimum absolute atomic E-state index is 0.0471. The van der Waals surface area contributed by atoms with Crippen LogP contribution in [0.4, 0.5) is 10.5 Å². The molecular weight excluding hydrogens is 330 g/mol. The Morgan fingerprint density at radius 1 is 1.15 bits per heavy atom. The van der Waals surface area contributed by atoms with Gasteiger partial charge in [-0.1, -0.05) is 30.3 Å². The lowest BCUT2D eigenvalue weighted by Gasteiger charge is -2.37. The van der Waals surface area contributed by atoms with Crippen LogP contribution in [0.15, 0.2) is 48.5 Å². The highest BCUT2D eigenvalue weighted by Gasteiger charge is 2.32. The number of rotatable bonds is 3. The minimum Gasteiger partial charge on any atom is -0.496 e. The number of methoxy groups -OCH3 is 1. The monoisotopic (exact) mass is 353 g/mol. The van der Waals surface area contributed by atoms with Crippen molar-refractivity contribution < 1.29 is 14.3 Å². The van der Waals surface area contributed by atoms with Crippen molar-refractivity contribution in [2.45, 2.75) is 13.0 Å². The van der Waals surface area contributed by atoms with Crippen LogP contribution in [0.25, 0.3) is 11.1 Å². The van der Waals surface area contributed by atoms with Gasteiger partial charge in [0, 0.05) is 31.4 Å². The van der Waals surface area contributed by atoms with Gasteiger partial charge in [-0.05, 0) is 30.7 Å². The molecule has 1 heterocycles. The van der Waals surface area contributed by atoms with Crippen LogP contribution in [-0.2, 0) is 4.79 Å². The molecule has 0 spiro atoms. The molecule has 1 saturated heterocycles. The van der Waals surface area contributed by atoms with Crippen LogP contribution >= 0.6 is 0 Å². The molecule has 1 N–H and O–H groups in total. The van der Waals surface area contributed by atoms with E-state index < -0.39 is 6.04 Å². The molecule has 2 aromatic rings. The molecule has 0 bridgehead atoms. The second-order valence-electron chi connectivity index (χ2n) is 6.34. The minimum atomic E-state index is -0.467. The summed E-state index contributed by atoms with van der Waals surface area (Å²) in [7, 11) is 3.39. The fraction of sp³-hybridized carbons (Fsp3) is 0.300. The summed E-state index contributed by atoms with van der Waals surface area (Å²) >= 11 is 0. The highest BCUT2D eigenvalue weighted by atomic mass is 16.5. The average Bonchev–Trinajstić information content (AvgIpc) is 2.66. The lowest BCUT2D eigenvalue weighted by atomic mass is 10.0. The Morgan fingerprint density at radius 2 is 1.92 bits per heavy atom. The number of carbonyl (C=O) groups is 2. The number of piperazine rings is 1. The second kappa shape index (κ2) is 7.47. The molecule has 1 fully saturated rings. The van der Waals surface area contributed by atoms with Crippen molar-refractivity contribution in [2.24, 2.45) is 0 Å². The van der Waals surface area contributed by atoms with Crippen LogP contribution in [0.3, 0.4) is 0 Å². The third kappa shape index (κ3) is 3.49. The zero-order chi connectivity index (χ0) is 18.7. The van der Waals surface area contributed by atoms with E-state index >= 15 is 0 Å². The highest BCUT2D eigenvalue weighted by molar-refractivity contribution is 5.95. The summed E-state index contributed by atoms with van der Waals surface area (Å²) in [6.07, 6.45) is 0. The van der Waals surface area contributed by atoms with E-state index in [1.807, 2.05) is 48.5 Å². The van der Waals surface area contributed by atoms with Crippen molar-refractivity contribution in [1.82, 2.24) is 9.80 Å². The number of carbonyl (C=O) groups excluding carboxylic acids is 2. The van der Waals surface area contributed by atoms with Gasteiger partial charge in [-0.3, -0.25) is 4.79 Å². The number of hydrogen-bond acceptors (Lipinski definition) is 3. The number of nitrogens with zero attached hydrogens (tertiary/aromatic N) is 2. The summed E-state index contributed by atoms with van der Waals surface area (Å²) in [5.41, 5.74) is 2.58. The van der Waals surface area contributed by atoms with Crippen molar-refractivity contribution in [1.29, 1.82) is 0 Å². The van der Waals surface area contributed by atoms with E-state index in [9.17, 15) is 9.59 Å². The molecule has 0 saturated carbocycles. The standard InChI is InChI=1S/C20H23N3O3/c1-14-19(24)22(2)11-12-23(14)20(25)21-16-8-6-7-15(13-16)17-9-4-5-10-18(17)26-3/h4-10,13-14H,11-12H2,1-3H3,(H,21,25)/t14-/m1/s1. The maximum absolute atomic E-state index is 12.6. The zero-order valence-electron chi connectivity index (χ0n) is 15.2. The largest absolute Gasteiger partial charge is 0.496 e. The maximum atomic E-state index is 12.6. The quantitative estimate of drug-likeness (QED) is 0.922. The van der Waals surface area contributed by atoms with E-state index in [1.54, 1.807) is 30.9 Å². The number of urea groups is 1. The fourth-order valence-electron chi connectivity index (χ4n) is 3.13. The van der Waals surface area contributed by atoms with Crippen molar-refractivity contribution in [3.63, 3.8) is 0 Å². The summed E-state index contributed by atoms with van der Waals surface area (Å²) in [6, 6.07) is 14.6. The van der Waals surface area contributed by atoms with E-state index in [0.717, 1.165) is 16.9 Å². The van der Waals surface area contributed by atoms with Crippen LogP contribution in [0.1, 0.15) is 6.92 Å². The number of likely N-dealkylation sites (N-methyl/N-ethyl adjacent to an activating group) is 1. The van der Waals surface area contributed by atoms with Crippen molar-refractivity contribution in [3.8, 4) is 16.9 Å². The van der Waals surface area contributed by atoms with Gasteiger partial charge in [0.05, 0.1) is 7.11 Å². The van der Waals surface area contributed by atoms with Crippen molar-refractivity contribution >= 4 is 17.6 Å². The van der Waals surface area contributed by atoms with Crippen LogP contribution in [0, 0.1) is 0 Å². The lowest BCUT2D eigenvalue weighted by molar-refractivity contribution is -0.137. The molecule has 3 amide bonds. The second-order valence-corrected chi connectivity index (χ2v) is 6.34. The van der Waals surface area contributed by atoms with E-state index in [4.69, 9.17) is 4.74 Å². The Labute approximate surface area is 153 Å². The van der Waals surface area contributed by atoms with E-state index in [-0.39, 0.29) is 11.9 Å². The molecule has 2 aromatic carbocycles. The molecule has 1 aliphatic heterocycles. The van der Waals surface area contributed by atoms with Gasteiger partial charge in [0.1, 0.15) is 11.8 Å². The molecule has 0 aromatic heterocycles. The molecule has 0 aliphatic carbocycles. The summed E-state index contributed by atoms with van der Waals surface area (Å²) < 4.78 is 5.41. The van der Waals surface area contributed by atoms with E-state index in [2.05, 4.69) is 5.32 Å². The molecule has 3 rings (SSSR count). The van der Waals surface area contributed by atoms with Crippen LogP contribution in [0.5, 0.6) is 5.75 Å². The van der Waals surface area contributed by atoms with Gasteiger partial charge in [-0.2, -0.15) is 0 Å². The fourth-order valence-corrected chi connectivity index (χ4v) is 3.13. The highest BCUT2D eigenvalue weighted by Crippen LogP contribution is 2.31. The maximum Gasteiger partial charge on any atom is 0.322 e. The van der Waals surface area contributed by atoms with E-state index in [0.29, 0.717) is 18.8 Å². The van der Waals surface area contributed by atoms with Gasteiger partial charge in [0.25, 0.3) is 0 Å². The first-order valence-corrected chi connectivity index (χ1v) is 8.57. The molecule has 0 unspecified atom stereocenters. The number of benzene rings is 2. The summed E-state index contributed by atoms with van der Waals surface area (Å²) in [5.74, 6) is 0.725. The summed E-state index contributed by atoms with van der Waals surface area (Å²) in [4.78, 5) is 27.9. The normalized spacial score (nSPS) is 17.2. The van der Waals surface area contributed by atoms with Gasteiger partial charge >= 0.3 is 6.03 Å². The SMILES string of the molecule is COc1ccccc1-c1cccc(NC(=O)N2CCN(C)C(=O)[C@H]2C)c1. The van der Waals surface area contributed by atoms with Gasteiger partial charge in [0.15, 0.2) is 0 Å². The zero-order valence-corrected chi connectivity index (χ0v) is 15.2. The Hall–Kier alpha value is -3.02. The third-order valence-electron chi connectivity index (χ3n) is 4.67. The van der Waals surface area contributed by atoms with Gasteiger partial charge in [0.2, 0.25) is 5.91 Å². The third-order valence-corrected chi connectivity index (χ3v) is 4.67. The van der Waals surface area contributed by atoms with Gasteiger partial charge in [-0.25, -0.2) is 4.79 Å². The predicted molar refractivity (Wildman–Crippen MR) is 101 cm³/mol. The number of amides is 3.